The summed E-state index contributed by atoms with van der Waals surface area (Å²) < 4.78 is 0. The molecule has 0 atom stereocenters. The Hall–Kier alpha value is -1.60. The van der Waals surface area contributed by atoms with Crippen LogP contribution < -0.4 is 11.5 Å². The second kappa shape index (κ2) is 6.03. The molecule has 7 heteroatoms. The van der Waals surface area contributed by atoms with Gasteiger partial charge in [0.25, 0.3) is 5.69 Å². The Morgan fingerprint density at radius 2 is 2.11 bits per heavy atom. The molecule has 0 aliphatic carbocycles. The van der Waals surface area contributed by atoms with Crippen LogP contribution in [0.4, 0.5) is 5.69 Å². The third-order valence-electron chi connectivity index (χ3n) is 2.30. The van der Waals surface area contributed by atoms with Crippen molar-refractivity contribution in [2.24, 2.45) is 11.5 Å². The molecule has 0 heterocycles. The van der Waals surface area contributed by atoms with Crippen LogP contribution in [-0.2, 0) is 5.75 Å². The Morgan fingerprint density at radius 1 is 1.47 bits per heavy atom. The van der Waals surface area contributed by atoms with Gasteiger partial charge in [-0.1, -0.05) is 6.07 Å². The molecule has 0 saturated carbocycles. The van der Waals surface area contributed by atoms with Crippen molar-refractivity contribution < 1.29 is 9.72 Å². The summed E-state index contributed by atoms with van der Waals surface area (Å²) in [5.41, 5.74) is 11.2. The van der Waals surface area contributed by atoms with Gasteiger partial charge in [-0.25, -0.2) is 0 Å². The fourth-order valence-electron chi connectivity index (χ4n) is 1.43. The highest BCUT2D eigenvalue weighted by Gasteiger charge is 2.17. The highest BCUT2D eigenvalue weighted by Crippen LogP contribution is 2.25. The Morgan fingerprint density at radius 3 is 2.58 bits per heavy atom. The van der Waals surface area contributed by atoms with Crippen molar-refractivity contribution in [3.8, 4) is 0 Å². The molecule has 0 saturated heterocycles. The molecular formula is C12H17N3O3S. The lowest BCUT2D eigenvalue weighted by Crippen LogP contribution is -2.34. The summed E-state index contributed by atoms with van der Waals surface area (Å²) in [5.74, 6) is 0.475. The van der Waals surface area contributed by atoms with Crippen molar-refractivity contribution in [3.05, 3.63) is 39.4 Å². The molecule has 4 N–H and O–H groups in total. The van der Waals surface area contributed by atoms with E-state index in [0.717, 1.165) is 0 Å². The van der Waals surface area contributed by atoms with Crippen molar-refractivity contribution in [1.29, 1.82) is 0 Å². The zero-order chi connectivity index (χ0) is 14.6. The minimum absolute atomic E-state index is 0.0846. The number of hydrogen-bond donors (Lipinski definition) is 2. The Balaban J connectivity index is 2.89. The number of nitrogens with two attached hydrogens (primary N) is 2. The number of thioether (sulfide) groups is 1. The lowest BCUT2D eigenvalue weighted by atomic mass is 10.1. The molecule has 6 nitrogen and oxygen atoms in total. The standard InChI is InChI=1S/C12H17N3O3S/c1-12(2,14)7-19-6-9-4-3-8(11(13)16)5-10(9)15(17)18/h3-5H,6-7,14H2,1-2H3,(H2,13,16). The zero-order valence-corrected chi connectivity index (χ0v) is 11.7. The van der Waals surface area contributed by atoms with E-state index in [1.54, 1.807) is 6.07 Å². The van der Waals surface area contributed by atoms with Crippen molar-refractivity contribution >= 4 is 23.4 Å². The number of carbonyl (C=O) groups excluding carboxylic acids is 1. The lowest BCUT2D eigenvalue weighted by molar-refractivity contribution is -0.385. The van der Waals surface area contributed by atoms with E-state index in [9.17, 15) is 14.9 Å². The first-order chi connectivity index (χ1) is 8.70. The van der Waals surface area contributed by atoms with Crippen LogP contribution in [0.1, 0.15) is 29.8 Å². The van der Waals surface area contributed by atoms with Gasteiger partial charge in [-0.3, -0.25) is 14.9 Å². The molecule has 0 spiro atoms. The summed E-state index contributed by atoms with van der Waals surface area (Å²) in [6.45, 7) is 3.79. The predicted molar refractivity (Wildman–Crippen MR) is 76.0 cm³/mol. The molecule has 0 aliphatic rings. The lowest BCUT2D eigenvalue weighted by Gasteiger charge is -2.17. The molecule has 1 aromatic rings. The summed E-state index contributed by atoms with van der Waals surface area (Å²) in [7, 11) is 0. The van der Waals surface area contributed by atoms with E-state index in [-0.39, 0.29) is 16.8 Å². The molecule has 0 aromatic heterocycles. The quantitative estimate of drug-likeness (QED) is 0.609. The van der Waals surface area contributed by atoms with Crippen LogP contribution >= 0.6 is 11.8 Å². The Kier molecular flexibility index (Phi) is 4.90. The molecular weight excluding hydrogens is 266 g/mol. The first-order valence-electron chi connectivity index (χ1n) is 5.64. The van der Waals surface area contributed by atoms with Gasteiger partial charge >= 0.3 is 0 Å². The molecule has 19 heavy (non-hydrogen) atoms. The van der Waals surface area contributed by atoms with E-state index in [1.165, 1.54) is 23.9 Å². The van der Waals surface area contributed by atoms with Crippen molar-refractivity contribution in [2.45, 2.75) is 25.1 Å². The molecule has 104 valence electrons. The number of nitrogens with zero attached hydrogens (tertiary/aromatic N) is 1. The van der Waals surface area contributed by atoms with E-state index in [1.807, 2.05) is 13.8 Å². The number of hydrogen-bond acceptors (Lipinski definition) is 5. The van der Waals surface area contributed by atoms with Gasteiger partial charge < -0.3 is 11.5 Å². The summed E-state index contributed by atoms with van der Waals surface area (Å²) in [4.78, 5) is 21.5. The van der Waals surface area contributed by atoms with E-state index >= 15 is 0 Å². The van der Waals surface area contributed by atoms with Gasteiger partial charge in [-0.15, -0.1) is 0 Å². The average Bonchev–Trinajstić information content (AvgIpc) is 2.27. The van der Waals surface area contributed by atoms with Gasteiger partial charge in [-0.2, -0.15) is 11.8 Å². The van der Waals surface area contributed by atoms with Crippen LogP contribution in [0.2, 0.25) is 0 Å². The van der Waals surface area contributed by atoms with Crippen molar-refractivity contribution in [1.82, 2.24) is 0 Å². The van der Waals surface area contributed by atoms with E-state index in [2.05, 4.69) is 0 Å². The highest BCUT2D eigenvalue weighted by atomic mass is 32.2. The fraction of sp³-hybridized carbons (Fsp3) is 0.417. The maximum atomic E-state index is 11.0. The molecule has 0 unspecified atom stereocenters. The molecule has 1 aromatic carbocycles. The van der Waals surface area contributed by atoms with Gasteiger partial charge in [0.15, 0.2) is 0 Å². The molecule has 1 amide bonds. The van der Waals surface area contributed by atoms with Crippen LogP contribution in [0.15, 0.2) is 18.2 Å². The number of nitro groups is 1. The minimum atomic E-state index is -0.676. The molecule has 0 aliphatic heterocycles. The van der Waals surface area contributed by atoms with Gasteiger partial charge in [0, 0.05) is 34.2 Å². The van der Waals surface area contributed by atoms with Gasteiger partial charge in [-0.05, 0) is 19.9 Å². The first-order valence-corrected chi connectivity index (χ1v) is 6.80. The molecule has 0 fully saturated rings. The second-order valence-corrected chi connectivity index (χ2v) is 5.93. The predicted octanol–water partition coefficient (Wildman–Crippen LogP) is 1.66. The second-order valence-electron chi connectivity index (χ2n) is 4.95. The van der Waals surface area contributed by atoms with Crippen LogP contribution in [0.5, 0.6) is 0 Å². The van der Waals surface area contributed by atoms with Crippen LogP contribution in [0.25, 0.3) is 0 Å². The normalized spacial score (nSPS) is 11.3. The number of benzene rings is 1. The monoisotopic (exact) mass is 283 g/mol. The van der Waals surface area contributed by atoms with Gasteiger partial charge in [0.05, 0.1) is 4.92 Å². The number of primary amides is 1. The van der Waals surface area contributed by atoms with Crippen LogP contribution in [0, 0.1) is 10.1 Å². The van der Waals surface area contributed by atoms with Crippen LogP contribution in [-0.4, -0.2) is 22.1 Å². The third-order valence-corrected chi connectivity index (χ3v) is 3.76. The SMILES string of the molecule is CC(C)(N)CSCc1ccc(C(N)=O)cc1[N+](=O)[O-]. The topological polar surface area (TPSA) is 112 Å². The van der Waals surface area contributed by atoms with Crippen molar-refractivity contribution in [2.75, 3.05) is 5.75 Å². The summed E-state index contributed by atoms with van der Waals surface area (Å²) in [6.07, 6.45) is 0. The smallest absolute Gasteiger partial charge is 0.274 e. The fourth-order valence-corrected chi connectivity index (χ4v) is 2.53. The Bertz CT molecular complexity index is 497. The Labute approximate surface area is 115 Å². The largest absolute Gasteiger partial charge is 0.366 e. The number of nitro benzene ring substituents is 1. The van der Waals surface area contributed by atoms with E-state index in [0.29, 0.717) is 17.1 Å². The average molecular weight is 283 g/mol. The van der Waals surface area contributed by atoms with E-state index < -0.39 is 10.8 Å². The number of carbonyl (C=O) groups is 1. The molecule has 0 radical (unpaired) electrons. The number of amides is 1. The highest BCUT2D eigenvalue weighted by molar-refractivity contribution is 7.98. The first kappa shape index (κ1) is 15.5. The van der Waals surface area contributed by atoms with E-state index in [4.69, 9.17) is 11.5 Å². The third kappa shape index (κ3) is 4.88. The molecule has 0 bridgehead atoms. The summed E-state index contributed by atoms with van der Waals surface area (Å²) in [6, 6.07) is 4.28. The summed E-state index contributed by atoms with van der Waals surface area (Å²) >= 11 is 1.51. The van der Waals surface area contributed by atoms with Gasteiger partial charge in [0.2, 0.25) is 5.91 Å². The minimum Gasteiger partial charge on any atom is -0.366 e. The maximum absolute atomic E-state index is 11.0. The number of rotatable bonds is 6. The van der Waals surface area contributed by atoms with Gasteiger partial charge in [0.1, 0.15) is 0 Å². The zero-order valence-electron chi connectivity index (χ0n) is 10.9. The maximum Gasteiger partial charge on any atom is 0.274 e. The van der Waals surface area contributed by atoms with Crippen molar-refractivity contribution in [3.63, 3.8) is 0 Å². The van der Waals surface area contributed by atoms with Crippen LogP contribution in [0.3, 0.4) is 0 Å². The molecule has 1 rings (SSSR count). The summed E-state index contributed by atoms with van der Waals surface area (Å²) in [5, 5.41) is 11.0.